The summed E-state index contributed by atoms with van der Waals surface area (Å²) in [5.74, 6) is 0. The van der Waals surface area contributed by atoms with Crippen LogP contribution in [0, 0.1) is 20.8 Å². The van der Waals surface area contributed by atoms with E-state index in [2.05, 4.69) is 52.4 Å². The fourth-order valence-electron chi connectivity index (χ4n) is 1.57. The zero-order chi connectivity index (χ0) is 9.30. The minimum absolute atomic E-state index is 0.678. The third-order valence-electron chi connectivity index (χ3n) is 1.93. The molecule has 1 aromatic carbocycles. The van der Waals surface area contributed by atoms with Crippen LogP contribution in [0.5, 0.6) is 0 Å². The van der Waals surface area contributed by atoms with Gasteiger partial charge in [-0.25, -0.2) is 0 Å². The smallest absolute Gasteiger partial charge is 0.0518 e. The number of aryl methyl sites for hydroxylation is 3. The van der Waals surface area contributed by atoms with Crippen LogP contribution in [0.2, 0.25) is 0 Å². The Bertz CT molecular complexity index is 269. The Labute approximate surface area is 82.4 Å². The van der Waals surface area contributed by atoms with Crippen molar-refractivity contribution in [3.63, 3.8) is 0 Å². The highest BCUT2D eigenvalue weighted by Gasteiger charge is 2.07. The van der Waals surface area contributed by atoms with Crippen molar-refractivity contribution in [2.24, 2.45) is 0 Å². The molecule has 0 nitrogen and oxygen atoms in total. The van der Waals surface area contributed by atoms with Crippen molar-refractivity contribution in [3.8, 4) is 0 Å². The van der Waals surface area contributed by atoms with Gasteiger partial charge in [0, 0.05) is 19.5 Å². The summed E-state index contributed by atoms with van der Waals surface area (Å²) in [7, 11) is 6.67. The Morgan fingerprint density at radius 3 is 1.75 bits per heavy atom. The number of benzene rings is 1. The summed E-state index contributed by atoms with van der Waals surface area (Å²) in [6, 6.07) is 4.46. The first-order valence-corrected chi connectivity index (χ1v) is 8.40. The van der Waals surface area contributed by atoms with Gasteiger partial charge in [-0.15, -0.1) is 0 Å². The predicted molar refractivity (Wildman–Crippen MR) is 57.5 cm³/mol. The molecule has 0 fully saturated rings. The van der Waals surface area contributed by atoms with E-state index in [0.29, 0.717) is 0 Å². The van der Waals surface area contributed by atoms with E-state index >= 15 is 0 Å². The van der Waals surface area contributed by atoms with Crippen molar-refractivity contribution < 1.29 is 0 Å². The molecule has 0 aliphatic heterocycles. The molecule has 59 valence electrons. The molecule has 0 aliphatic carbocycles. The van der Waals surface area contributed by atoms with Crippen molar-refractivity contribution in [1.82, 2.24) is 0 Å². The number of hydrogen-bond donors (Lipinski definition) is 0. The number of rotatable bonds is 1. The van der Waals surface area contributed by atoms with Gasteiger partial charge >= 0.3 is 0 Å². The quantitative estimate of drug-likeness (QED) is 0.588. The molecule has 0 saturated carbocycles. The van der Waals surface area contributed by atoms with Crippen LogP contribution in [-0.4, -0.2) is 27.4 Å². The van der Waals surface area contributed by atoms with Crippen LogP contribution in [0.15, 0.2) is 12.1 Å². The van der Waals surface area contributed by atoms with Crippen LogP contribution in [-0.2, 0) is 0 Å². The molecule has 0 saturated heterocycles. The summed E-state index contributed by atoms with van der Waals surface area (Å²) in [5, 5.41) is 1.44. The highest BCUT2D eigenvalue weighted by atomic mass is 29.5. The molecule has 0 atom stereocenters. The van der Waals surface area contributed by atoms with Crippen LogP contribution in [0.25, 0.3) is 0 Å². The zero-order valence-corrected chi connectivity index (χ0v) is 10.7. The summed E-state index contributed by atoms with van der Waals surface area (Å²) in [5.41, 5.74) is 4.10. The molecule has 0 aliphatic rings. The Balaban J connectivity index is 3.28. The maximum atomic E-state index is 3.67. The molecular formula is C9H11Si3. The lowest BCUT2D eigenvalue weighted by atomic mass is 10.1. The van der Waals surface area contributed by atoms with Gasteiger partial charge in [0.15, 0.2) is 0 Å². The lowest BCUT2D eigenvalue weighted by Crippen LogP contribution is -2.35. The van der Waals surface area contributed by atoms with E-state index < -0.39 is 7.83 Å². The molecule has 0 amide bonds. The molecule has 0 heterocycles. The molecule has 0 unspecified atom stereocenters. The third kappa shape index (κ3) is 1.97. The van der Waals surface area contributed by atoms with Crippen molar-refractivity contribution in [3.05, 3.63) is 28.8 Å². The lowest BCUT2D eigenvalue weighted by Gasteiger charge is -2.13. The topological polar surface area (TPSA) is 0 Å². The van der Waals surface area contributed by atoms with Crippen LogP contribution < -0.4 is 5.19 Å². The average Bonchev–Trinajstić information content (AvgIpc) is 1.82. The Kier molecular flexibility index (Phi) is 3.09. The molecule has 1 aromatic rings. The van der Waals surface area contributed by atoms with Gasteiger partial charge in [-0.05, 0) is 20.8 Å². The summed E-state index contributed by atoms with van der Waals surface area (Å²) in [4.78, 5) is 0. The molecule has 0 aromatic heterocycles. The molecule has 3 heteroatoms. The van der Waals surface area contributed by atoms with E-state index in [1.807, 2.05) is 0 Å². The summed E-state index contributed by atoms with van der Waals surface area (Å²) < 4.78 is 0. The fourth-order valence-corrected chi connectivity index (χ4v) is 4.87. The van der Waals surface area contributed by atoms with Crippen molar-refractivity contribution in [1.29, 1.82) is 0 Å². The van der Waals surface area contributed by atoms with Gasteiger partial charge in [0.2, 0.25) is 0 Å². The summed E-state index contributed by atoms with van der Waals surface area (Å²) >= 11 is 0. The van der Waals surface area contributed by atoms with Gasteiger partial charge < -0.3 is 0 Å². The van der Waals surface area contributed by atoms with Gasteiger partial charge in [-0.3, -0.25) is 0 Å². The molecular weight excluding hydrogens is 192 g/mol. The van der Waals surface area contributed by atoms with Gasteiger partial charge in [0.1, 0.15) is 0 Å². The van der Waals surface area contributed by atoms with E-state index in [0.717, 1.165) is 0 Å². The van der Waals surface area contributed by atoms with Crippen molar-refractivity contribution >= 4 is 32.5 Å². The second kappa shape index (κ2) is 3.72. The van der Waals surface area contributed by atoms with Crippen LogP contribution in [0.1, 0.15) is 16.7 Å². The largest absolute Gasteiger partial charge is 0.0631 e. The normalized spacial score (nSPS) is 10.8. The fraction of sp³-hybridized carbons (Fsp3) is 0.333. The zero-order valence-electron chi connectivity index (χ0n) is 7.65. The van der Waals surface area contributed by atoms with E-state index in [1.165, 1.54) is 21.9 Å². The van der Waals surface area contributed by atoms with Crippen molar-refractivity contribution in [2.75, 3.05) is 0 Å². The van der Waals surface area contributed by atoms with E-state index in [9.17, 15) is 0 Å². The second-order valence-electron chi connectivity index (χ2n) is 3.15. The molecule has 7 radical (unpaired) electrons. The Morgan fingerprint density at radius 2 is 1.42 bits per heavy atom. The van der Waals surface area contributed by atoms with Crippen LogP contribution >= 0.6 is 0 Å². The Hall–Kier alpha value is -0.129. The van der Waals surface area contributed by atoms with Gasteiger partial charge in [-0.1, -0.05) is 34.0 Å². The molecule has 1 rings (SSSR count). The average molecular weight is 203 g/mol. The Morgan fingerprint density at radius 1 is 1.00 bits per heavy atom. The van der Waals surface area contributed by atoms with Gasteiger partial charge in [0.25, 0.3) is 0 Å². The lowest BCUT2D eigenvalue weighted by molar-refractivity contribution is 1.35. The monoisotopic (exact) mass is 203 g/mol. The van der Waals surface area contributed by atoms with E-state index in [4.69, 9.17) is 0 Å². The minimum atomic E-state index is -0.678. The predicted octanol–water partition coefficient (Wildman–Crippen LogP) is 0.644. The first-order chi connectivity index (χ1) is 5.52. The van der Waals surface area contributed by atoms with Gasteiger partial charge in [-0.2, -0.15) is 0 Å². The summed E-state index contributed by atoms with van der Waals surface area (Å²) in [6.45, 7) is 6.47. The van der Waals surface area contributed by atoms with E-state index in [1.54, 1.807) is 0 Å². The van der Waals surface area contributed by atoms with Gasteiger partial charge in [0.05, 0.1) is 7.83 Å². The third-order valence-corrected chi connectivity index (χ3v) is 4.72. The first kappa shape index (κ1) is 9.95. The standard InChI is InChI=1S/C9H11Si3/c1-6-4-7(2)9(12(10)11)8(3)5-6/h4-5H,1-3H3. The highest BCUT2D eigenvalue weighted by Crippen LogP contribution is 2.05. The second-order valence-corrected chi connectivity index (χ2v) is 8.90. The maximum absolute atomic E-state index is 3.67. The highest BCUT2D eigenvalue weighted by molar-refractivity contribution is 7.35. The van der Waals surface area contributed by atoms with Crippen molar-refractivity contribution in [2.45, 2.75) is 20.8 Å². The van der Waals surface area contributed by atoms with E-state index in [-0.39, 0.29) is 0 Å². The maximum Gasteiger partial charge on any atom is 0.0518 e. The molecule has 0 spiro atoms. The summed E-state index contributed by atoms with van der Waals surface area (Å²) in [6.07, 6.45) is 0. The van der Waals surface area contributed by atoms with Crippen LogP contribution in [0.3, 0.4) is 0 Å². The molecule has 12 heavy (non-hydrogen) atoms. The number of hydrogen-bond acceptors (Lipinski definition) is 0. The van der Waals surface area contributed by atoms with Crippen LogP contribution in [0.4, 0.5) is 0 Å². The minimum Gasteiger partial charge on any atom is -0.0631 e. The molecule has 0 N–H and O–H groups in total. The SMILES string of the molecule is Cc1cc(C)c([Si]([Si])[Si])c(C)c1. The molecule has 0 bridgehead atoms. The first-order valence-electron chi connectivity index (χ1n) is 3.90.